The van der Waals surface area contributed by atoms with Gasteiger partial charge in [0, 0.05) is 10.7 Å². The fraction of sp³-hybridized carbons (Fsp3) is 0.0714. The molecule has 0 bridgehead atoms. The molecule has 116 valence electrons. The molecule has 0 aliphatic rings. The predicted molar refractivity (Wildman–Crippen MR) is 75.8 cm³/mol. The molecule has 0 aliphatic heterocycles. The molecule has 0 unspecified atom stereocenters. The summed E-state index contributed by atoms with van der Waals surface area (Å²) < 4.78 is 51.8. The molecule has 1 N–H and O–H groups in total. The van der Waals surface area contributed by atoms with Crippen LogP contribution < -0.4 is 5.32 Å². The maximum absolute atomic E-state index is 13.6. The summed E-state index contributed by atoms with van der Waals surface area (Å²) in [5.41, 5.74) is -1.59. The quantitative estimate of drug-likeness (QED) is 0.720. The van der Waals surface area contributed by atoms with Crippen LogP contribution in [0.4, 0.5) is 23.2 Å². The van der Waals surface area contributed by atoms with E-state index in [0.29, 0.717) is 6.07 Å². The molecular weight excluding hydrogens is 345 g/mol. The molecule has 0 radical (unpaired) electrons. The van der Waals surface area contributed by atoms with Gasteiger partial charge in [-0.1, -0.05) is 23.2 Å². The normalized spacial score (nSPS) is 11.4. The largest absolute Gasteiger partial charge is 0.417 e. The van der Waals surface area contributed by atoms with Crippen molar-refractivity contribution in [3.8, 4) is 0 Å². The van der Waals surface area contributed by atoms with E-state index < -0.39 is 28.5 Å². The van der Waals surface area contributed by atoms with Crippen LogP contribution in [0.15, 0.2) is 36.4 Å². The van der Waals surface area contributed by atoms with Crippen molar-refractivity contribution in [2.45, 2.75) is 6.18 Å². The number of rotatable bonds is 2. The van der Waals surface area contributed by atoms with Crippen molar-refractivity contribution in [3.63, 3.8) is 0 Å². The van der Waals surface area contributed by atoms with Crippen molar-refractivity contribution in [2.75, 3.05) is 5.32 Å². The van der Waals surface area contributed by atoms with Crippen LogP contribution in [0.2, 0.25) is 10.0 Å². The molecule has 0 heterocycles. The number of halogens is 6. The first-order valence-corrected chi connectivity index (χ1v) is 6.57. The highest BCUT2D eigenvalue weighted by atomic mass is 35.5. The van der Waals surface area contributed by atoms with Gasteiger partial charge in [0.2, 0.25) is 0 Å². The molecule has 8 heteroatoms. The molecule has 0 aliphatic carbocycles. The molecule has 2 aromatic rings. The smallest absolute Gasteiger partial charge is 0.322 e. The van der Waals surface area contributed by atoms with Crippen molar-refractivity contribution in [1.29, 1.82) is 0 Å². The third-order valence-electron chi connectivity index (χ3n) is 2.71. The summed E-state index contributed by atoms with van der Waals surface area (Å²) in [4.78, 5) is 11.9. The van der Waals surface area contributed by atoms with Gasteiger partial charge in [-0.2, -0.15) is 13.2 Å². The van der Waals surface area contributed by atoms with Crippen LogP contribution in [-0.4, -0.2) is 5.91 Å². The first-order chi connectivity index (χ1) is 10.2. The molecule has 0 saturated carbocycles. The lowest BCUT2D eigenvalue weighted by atomic mass is 10.1. The van der Waals surface area contributed by atoms with Crippen molar-refractivity contribution >= 4 is 34.8 Å². The van der Waals surface area contributed by atoms with E-state index in [0.717, 1.165) is 18.2 Å². The number of alkyl halides is 3. The third kappa shape index (κ3) is 3.69. The van der Waals surface area contributed by atoms with Gasteiger partial charge >= 0.3 is 6.18 Å². The number of amides is 1. The van der Waals surface area contributed by atoms with Crippen molar-refractivity contribution in [1.82, 2.24) is 0 Å². The Kier molecular flexibility index (Phi) is 4.63. The van der Waals surface area contributed by atoms with Crippen LogP contribution >= 0.6 is 23.2 Å². The Labute approximate surface area is 132 Å². The van der Waals surface area contributed by atoms with Crippen LogP contribution in [0, 0.1) is 5.82 Å². The fourth-order valence-electron chi connectivity index (χ4n) is 1.69. The van der Waals surface area contributed by atoms with E-state index in [4.69, 9.17) is 23.2 Å². The van der Waals surface area contributed by atoms with E-state index in [1.54, 1.807) is 0 Å². The van der Waals surface area contributed by atoms with Gasteiger partial charge in [-0.3, -0.25) is 4.79 Å². The molecule has 0 aromatic heterocycles. The molecular formula is C14H7Cl2F4NO. The topological polar surface area (TPSA) is 29.1 Å². The Hall–Kier alpha value is -1.79. The minimum Gasteiger partial charge on any atom is -0.322 e. The molecule has 0 saturated heterocycles. The summed E-state index contributed by atoms with van der Waals surface area (Å²) in [7, 11) is 0. The van der Waals surface area contributed by atoms with Gasteiger partial charge < -0.3 is 5.32 Å². The summed E-state index contributed by atoms with van der Waals surface area (Å²) in [6, 6.07) is 6.21. The van der Waals surface area contributed by atoms with Crippen LogP contribution in [0.25, 0.3) is 0 Å². The van der Waals surface area contributed by atoms with Gasteiger partial charge in [-0.05, 0) is 36.4 Å². The highest BCUT2D eigenvalue weighted by Gasteiger charge is 2.33. The van der Waals surface area contributed by atoms with E-state index in [-0.39, 0.29) is 16.3 Å². The number of anilines is 1. The van der Waals surface area contributed by atoms with Gasteiger partial charge in [-0.25, -0.2) is 4.39 Å². The highest BCUT2D eigenvalue weighted by Crippen LogP contribution is 2.36. The maximum Gasteiger partial charge on any atom is 0.417 e. The van der Waals surface area contributed by atoms with Crippen LogP contribution in [-0.2, 0) is 6.18 Å². The molecule has 22 heavy (non-hydrogen) atoms. The molecule has 2 rings (SSSR count). The minimum atomic E-state index is -4.66. The number of benzene rings is 2. The van der Waals surface area contributed by atoms with Gasteiger partial charge in [0.25, 0.3) is 5.91 Å². The zero-order valence-corrected chi connectivity index (χ0v) is 12.2. The summed E-state index contributed by atoms with van der Waals surface area (Å²) in [5, 5.41) is 1.78. The number of hydrogen-bond acceptors (Lipinski definition) is 1. The van der Waals surface area contributed by atoms with Gasteiger partial charge in [0.05, 0.1) is 16.1 Å². The first-order valence-electron chi connectivity index (χ1n) is 5.81. The van der Waals surface area contributed by atoms with E-state index in [2.05, 4.69) is 5.32 Å². The molecule has 0 atom stereocenters. The van der Waals surface area contributed by atoms with Gasteiger partial charge in [0.1, 0.15) is 5.82 Å². The SMILES string of the molecule is O=C(Nc1ccc(Cl)c(C(F)(F)F)c1)c1ccc(Cl)cc1F. The molecule has 0 fully saturated rings. The maximum atomic E-state index is 13.6. The van der Waals surface area contributed by atoms with E-state index >= 15 is 0 Å². The average molecular weight is 352 g/mol. The zero-order valence-electron chi connectivity index (χ0n) is 10.6. The standard InChI is InChI=1S/C14H7Cl2F4NO/c15-7-1-3-9(12(17)5-7)13(22)21-8-2-4-11(16)10(6-8)14(18,19)20/h1-6H,(H,21,22). The Morgan fingerprint density at radius 1 is 1.05 bits per heavy atom. The molecule has 2 aromatic carbocycles. The monoisotopic (exact) mass is 351 g/mol. The summed E-state index contributed by atoms with van der Waals surface area (Å²) >= 11 is 11.0. The zero-order chi connectivity index (χ0) is 16.5. The third-order valence-corrected chi connectivity index (χ3v) is 3.27. The number of hydrogen-bond donors (Lipinski definition) is 1. The van der Waals surface area contributed by atoms with Crippen LogP contribution in [0.1, 0.15) is 15.9 Å². The Morgan fingerprint density at radius 3 is 2.32 bits per heavy atom. The predicted octanol–water partition coefficient (Wildman–Crippen LogP) is 5.40. The molecule has 1 amide bonds. The fourth-order valence-corrected chi connectivity index (χ4v) is 2.08. The van der Waals surface area contributed by atoms with E-state index in [9.17, 15) is 22.4 Å². The Morgan fingerprint density at radius 2 is 1.73 bits per heavy atom. The van der Waals surface area contributed by atoms with Crippen molar-refractivity contribution in [3.05, 3.63) is 63.4 Å². The Bertz CT molecular complexity index is 731. The summed E-state index contributed by atoms with van der Waals surface area (Å²) in [6.45, 7) is 0. The second-order valence-corrected chi connectivity index (χ2v) is 5.11. The second-order valence-electron chi connectivity index (χ2n) is 4.27. The Balaban J connectivity index is 2.29. The van der Waals surface area contributed by atoms with Crippen molar-refractivity contribution in [2.24, 2.45) is 0 Å². The summed E-state index contributed by atoms with van der Waals surface area (Å²) in [5.74, 6) is -1.78. The first kappa shape index (κ1) is 16.6. The summed E-state index contributed by atoms with van der Waals surface area (Å²) in [6.07, 6.45) is -4.66. The van der Waals surface area contributed by atoms with E-state index in [1.807, 2.05) is 0 Å². The highest BCUT2D eigenvalue weighted by molar-refractivity contribution is 6.31. The van der Waals surface area contributed by atoms with Crippen LogP contribution in [0.3, 0.4) is 0 Å². The minimum absolute atomic E-state index is 0.0971. The lowest BCUT2D eigenvalue weighted by molar-refractivity contribution is -0.137. The average Bonchev–Trinajstić information content (AvgIpc) is 2.39. The van der Waals surface area contributed by atoms with Crippen molar-refractivity contribution < 1.29 is 22.4 Å². The molecule has 0 spiro atoms. The lowest BCUT2D eigenvalue weighted by Gasteiger charge is -2.12. The lowest BCUT2D eigenvalue weighted by Crippen LogP contribution is -2.15. The second kappa shape index (κ2) is 6.14. The van der Waals surface area contributed by atoms with Gasteiger partial charge in [0.15, 0.2) is 0 Å². The number of carbonyl (C=O) groups excluding carboxylic acids is 1. The number of nitrogens with one attached hydrogen (secondary N) is 1. The number of carbonyl (C=O) groups is 1. The molecule has 2 nitrogen and oxygen atoms in total. The van der Waals surface area contributed by atoms with E-state index in [1.165, 1.54) is 12.1 Å². The van der Waals surface area contributed by atoms with Crippen LogP contribution in [0.5, 0.6) is 0 Å². The van der Waals surface area contributed by atoms with Gasteiger partial charge in [-0.15, -0.1) is 0 Å².